The summed E-state index contributed by atoms with van der Waals surface area (Å²) in [4.78, 5) is 18.2. The normalized spacial score (nSPS) is 18.3. The summed E-state index contributed by atoms with van der Waals surface area (Å²) < 4.78 is 0. The quantitative estimate of drug-likeness (QED) is 0.673. The minimum atomic E-state index is 0.129. The van der Waals surface area contributed by atoms with Crippen LogP contribution in [0.4, 0.5) is 0 Å². The van der Waals surface area contributed by atoms with Gasteiger partial charge in [-0.25, -0.2) is 0 Å². The maximum atomic E-state index is 13.0. The first-order valence-electron chi connectivity index (χ1n) is 8.82. The van der Waals surface area contributed by atoms with Gasteiger partial charge in [-0.2, -0.15) is 0 Å². The maximum absolute atomic E-state index is 13.0. The first-order chi connectivity index (χ1) is 12.2. The van der Waals surface area contributed by atoms with E-state index in [2.05, 4.69) is 17.1 Å². The van der Waals surface area contributed by atoms with E-state index >= 15 is 0 Å². The number of aromatic amines is 1. The Morgan fingerprint density at radius 1 is 1.08 bits per heavy atom. The minimum absolute atomic E-state index is 0.129. The van der Waals surface area contributed by atoms with Crippen molar-refractivity contribution in [2.45, 2.75) is 25.2 Å². The summed E-state index contributed by atoms with van der Waals surface area (Å²) in [6.07, 6.45) is 5.22. The molecule has 1 amide bonds. The molecule has 2 heterocycles. The Balaban J connectivity index is 1.57. The van der Waals surface area contributed by atoms with Crippen LogP contribution in [-0.2, 0) is 0 Å². The van der Waals surface area contributed by atoms with Crippen molar-refractivity contribution in [1.82, 2.24) is 9.88 Å². The molecule has 3 nitrogen and oxygen atoms in total. The molecule has 1 fully saturated rings. The van der Waals surface area contributed by atoms with Crippen LogP contribution in [0.5, 0.6) is 0 Å². The number of rotatable bonds is 2. The average molecular weight is 353 g/mol. The molecule has 1 saturated heterocycles. The van der Waals surface area contributed by atoms with Gasteiger partial charge in [0.2, 0.25) is 0 Å². The van der Waals surface area contributed by atoms with E-state index in [1.807, 2.05) is 47.5 Å². The molecule has 1 aliphatic rings. The molecule has 1 N–H and O–H groups in total. The lowest BCUT2D eigenvalue weighted by Crippen LogP contribution is -2.34. The van der Waals surface area contributed by atoms with Gasteiger partial charge in [-0.05, 0) is 54.8 Å². The SMILES string of the molecule is O=C(c1ccc2[nH]ccc2c1)N1CCCCC(c2ccc(Cl)cc2)C1. The molecule has 0 radical (unpaired) electrons. The number of aromatic nitrogens is 1. The maximum Gasteiger partial charge on any atom is 0.253 e. The van der Waals surface area contributed by atoms with Crippen molar-refractivity contribution in [3.8, 4) is 0 Å². The Morgan fingerprint density at radius 3 is 2.76 bits per heavy atom. The number of carbonyl (C=O) groups excluding carboxylic acids is 1. The molecule has 4 rings (SSSR count). The Morgan fingerprint density at radius 2 is 1.92 bits per heavy atom. The lowest BCUT2D eigenvalue weighted by atomic mass is 9.94. The van der Waals surface area contributed by atoms with Crippen molar-refractivity contribution < 1.29 is 4.79 Å². The molecular weight excluding hydrogens is 332 g/mol. The molecule has 0 bridgehead atoms. The summed E-state index contributed by atoms with van der Waals surface area (Å²) >= 11 is 6.01. The number of nitrogens with one attached hydrogen (secondary N) is 1. The van der Waals surface area contributed by atoms with E-state index in [1.54, 1.807) is 0 Å². The van der Waals surface area contributed by atoms with Crippen molar-refractivity contribution >= 4 is 28.4 Å². The predicted octanol–water partition coefficient (Wildman–Crippen LogP) is 5.23. The van der Waals surface area contributed by atoms with Crippen molar-refractivity contribution in [1.29, 1.82) is 0 Å². The Bertz CT molecular complexity index is 884. The molecule has 0 aliphatic carbocycles. The number of hydrogen-bond acceptors (Lipinski definition) is 1. The van der Waals surface area contributed by atoms with Crippen LogP contribution in [0.15, 0.2) is 54.7 Å². The van der Waals surface area contributed by atoms with E-state index < -0.39 is 0 Å². The van der Waals surface area contributed by atoms with Crippen LogP contribution in [-0.4, -0.2) is 28.9 Å². The summed E-state index contributed by atoms with van der Waals surface area (Å²) in [5.41, 5.74) is 3.10. The monoisotopic (exact) mass is 352 g/mol. The largest absolute Gasteiger partial charge is 0.361 e. The van der Waals surface area contributed by atoms with E-state index in [-0.39, 0.29) is 5.91 Å². The zero-order valence-electron chi connectivity index (χ0n) is 14.0. The highest BCUT2D eigenvalue weighted by molar-refractivity contribution is 6.30. The van der Waals surface area contributed by atoms with Gasteiger partial charge in [0, 0.05) is 46.7 Å². The number of likely N-dealkylation sites (tertiary alicyclic amines) is 1. The van der Waals surface area contributed by atoms with E-state index in [9.17, 15) is 4.79 Å². The topological polar surface area (TPSA) is 36.1 Å². The molecule has 2 aromatic carbocycles. The summed E-state index contributed by atoms with van der Waals surface area (Å²) in [5.74, 6) is 0.503. The second kappa shape index (κ2) is 6.93. The summed E-state index contributed by atoms with van der Waals surface area (Å²) in [6.45, 7) is 1.60. The van der Waals surface area contributed by atoms with Crippen LogP contribution in [0.3, 0.4) is 0 Å². The number of nitrogens with zero attached hydrogens (tertiary/aromatic N) is 1. The van der Waals surface area contributed by atoms with Crippen LogP contribution in [0.25, 0.3) is 10.9 Å². The molecule has 0 saturated carbocycles. The van der Waals surface area contributed by atoms with Gasteiger partial charge >= 0.3 is 0 Å². The van der Waals surface area contributed by atoms with E-state index in [0.29, 0.717) is 5.92 Å². The van der Waals surface area contributed by atoms with Crippen molar-refractivity contribution in [2.24, 2.45) is 0 Å². The molecule has 1 unspecified atom stereocenters. The highest BCUT2D eigenvalue weighted by Crippen LogP contribution is 2.28. The van der Waals surface area contributed by atoms with Crippen molar-refractivity contribution in [3.63, 3.8) is 0 Å². The Labute approximate surface area is 152 Å². The number of H-pyrrole nitrogens is 1. The Kier molecular flexibility index (Phi) is 4.50. The number of benzene rings is 2. The number of fused-ring (bicyclic) bond motifs is 1. The van der Waals surface area contributed by atoms with E-state index in [0.717, 1.165) is 53.8 Å². The van der Waals surface area contributed by atoms with Gasteiger partial charge in [0.15, 0.2) is 0 Å². The molecule has 1 aliphatic heterocycles. The average Bonchev–Trinajstić information content (AvgIpc) is 2.97. The standard InChI is InChI=1S/C21H21ClN2O/c22-19-7-4-15(5-8-19)18-3-1-2-12-24(14-18)21(25)17-6-9-20-16(13-17)10-11-23-20/h4-11,13,18,23H,1-3,12,14H2. The molecule has 1 aromatic heterocycles. The fraction of sp³-hybridized carbons (Fsp3) is 0.286. The fourth-order valence-electron chi connectivity index (χ4n) is 3.70. The number of hydrogen-bond donors (Lipinski definition) is 1. The summed E-state index contributed by atoms with van der Waals surface area (Å²) in [6, 6.07) is 15.9. The first kappa shape index (κ1) is 16.2. The predicted molar refractivity (Wildman–Crippen MR) is 102 cm³/mol. The smallest absolute Gasteiger partial charge is 0.253 e. The molecular formula is C21H21ClN2O. The lowest BCUT2D eigenvalue weighted by molar-refractivity contribution is 0.0754. The van der Waals surface area contributed by atoms with Crippen LogP contribution >= 0.6 is 11.6 Å². The molecule has 25 heavy (non-hydrogen) atoms. The highest BCUT2D eigenvalue weighted by atomic mass is 35.5. The van der Waals surface area contributed by atoms with Gasteiger partial charge in [-0.15, -0.1) is 0 Å². The van der Waals surface area contributed by atoms with E-state index in [1.165, 1.54) is 5.56 Å². The third kappa shape index (κ3) is 3.42. The van der Waals surface area contributed by atoms with Gasteiger partial charge in [-0.1, -0.05) is 30.2 Å². The summed E-state index contributed by atoms with van der Waals surface area (Å²) in [5, 5.41) is 1.83. The number of halogens is 1. The zero-order chi connectivity index (χ0) is 17.2. The first-order valence-corrected chi connectivity index (χ1v) is 9.20. The molecule has 0 spiro atoms. The van der Waals surface area contributed by atoms with Crippen molar-refractivity contribution in [3.05, 3.63) is 70.9 Å². The molecule has 4 heteroatoms. The van der Waals surface area contributed by atoms with Gasteiger partial charge in [0.1, 0.15) is 0 Å². The lowest BCUT2D eigenvalue weighted by Gasteiger charge is -2.25. The van der Waals surface area contributed by atoms with Crippen LogP contribution in [0.1, 0.15) is 41.1 Å². The third-order valence-electron chi connectivity index (χ3n) is 5.10. The van der Waals surface area contributed by atoms with E-state index in [4.69, 9.17) is 11.6 Å². The van der Waals surface area contributed by atoms with Gasteiger partial charge in [-0.3, -0.25) is 4.79 Å². The fourth-order valence-corrected chi connectivity index (χ4v) is 3.83. The molecule has 3 aromatic rings. The van der Waals surface area contributed by atoms with Crippen LogP contribution in [0, 0.1) is 0 Å². The van der Waals surface area contributed by atoms with Gasteiger partial charge in [0.25, 0.3) is 5.91 Å². The number of amides is 1. The summed E-state index contributed by atoms with van der Waals surface area (Å²) in [7, 11) is 0. The van der Waals surface area contributed by atoms with Crippen LogP contribution in [0.2, 0.25) is 5.02 Å². The second-order valence-electron chi connectivity index (χ2n) is 6.78. The number of carbonyl (C=O) groups is 1. The highest BCUT2D eigenvalue weighted by Gasteiger charge is 2.24. The van der Waals surface area contributed by atoms with Crippen molar-refractivity contribution in [2.75, 3.05) is 13.1 Å². The molecule has 128 valence electrons. The van der Waals surface area contributed by atoms with Gasteiger partial charge < -0.3 is 9.88 Å². The minimum Gasteiger partial charge on any atom is -0.361 e. The molecule has 1 atom stereocenters. The third-order valence-corrected chi connectivity index (χ3v) is 5.35. The zero-order valence-corrected chi connectivity index (χ0v) is 14.8. The Hall–Kier alpha value is -2.26. The van der Waals surface area contributed by atoms with Gasteiger partial charge in [0.05, 0.1) is 0 Å². The second-order valence-corrected chi connectivity index (χ2v) is 7.21. The van der Waals surface area contributed by atoms with Crippen LogP contribution < -0.4 is 0 Å².